The van der Waals surface area contributed by atoms with Crippen molar-refractivity contribution < 1.29 is 32.0 Å². The summed E-state index contributed by atoms with van der Waals surface area (Å²) >= 11 is 5.96. The lowest BCUT2D eigenvalue weighted by atomic mass is 10.0. The van der Waals surface area contributed by atoms with E-state index in [0.717, 1.165) is 12.3 Å². The van der Waals surface area contributed by atoms with Crippen LogP contribution in [0.1, 0.15) is 16.1 Å². The summed E-state index contributed by atoms with van der Waals surface area (Å²) in [4.78, 5) is 11.9. The number of alkyl halides is 3. The molecule has 0 radical (unpaired) electrons. The number of anilines is 1. The lowest BCUT2D eigenvalue weighted by Gasteiger charge is -2.14. The van der Waals surface area contributed by atoms with Gasteiger partial charge in [0.2, 0.25) is 0 Å². The molecule has 0 unspecified atom stereocenters. The molecule has 164 valence electrons. The number of halogens is 5. The quantitative estimate of drug-likeness (QED) is 0.361. The molecule has 0 fully saturated rings. The van der Waals surface area contributed by atoms with Crippen LogP contribution in [0.4, 0.5) is 23.2 Å². The Labute approximate surface area is 181 Å². The number of hydrogen-bond acceptors (Lipinski definition) is 6. The molecule has 2 heterocycles. The van der Waals surface area contributed by atoms with Gasteiger partial charge in [-0.3, -0.25) is 0 Å². The molecule has 2 N–H and O–H groups in total. The van der Waals surface area contributed by atoms with Gasteiger partial charge in [0, 0.05) is 0 Å². The smallest absolute Gasteiger partial charge is 0.434 e. The zero-order valence-electron chi connectivity index (χ0n) is 15.7. The highest BCUT2D eigenvalue weighted by Crippen LogP contribution is 2.43. The van der Waals surface area contributed by atoms with Crippen LogP contribution in [0.3, 0.4) is 0 Å². The van der Waals surface area contributed by atoms with E-state index in [2.05, 4.69) is 10.3 Å². The van der Waals surface area contributed by atoms with Crippen molar-refractivity contribution in [3.8, 4) is 28.3 Å². The van der Waals surface area contributed by atoms with E-state index in [1.807, 2.05) is 0 Å². The molecule has 0 amide bonds. The summed E-state index contributed by atoms with van der Waals surface area (Å²) < 4.78 is 61.9. The summed E-state index contributed by atoms with van der Waals surface area (Å²) in [7, 11) is 0. The molecule has 4 rings (SSSR count). The topological polar surface area (TPSA) is 110 Å². The molecule has 0 atom stereocenters. The van der Waals surface area contributed by atoms with Crippen LogP contribution in [0, 0.1) is 5.82 Å². The van der Waals surface area contributed by atoms with Crippen LogP contribution >= 0.6 is 11.6 Å². The molecule has 0 saturated heterocycles. The van der Waals surface area contributed by atoms with Crippen LogP contribution in [0.2, 0.25) is 5.02 Å². The van der Waals surface area contributed by atoms with E-state index < -0.39 is 51.8 Å². The summed E-state index contributed by atoms with van der Waals surface area (Å²) in [6.07, 6.45) is -4.27. The van der Waals surface area contributed by atoms with Crippen LogP contribution in [-0.2, 0) is 6.18 Å². The van der Waals surface area contributed by atoms with Crippen LogP contribution in [0.5, 0.6) is 0 Å². The molecule has 12 heteroatoms. The minimum Gasteiger partial charge on any atom is -0.545 e. The second-order valence-electron chi connectivity index (χ2n) is 6.49. The number of para-hydroxylation sites is 2. The number of nitrogens with two attached hydrogens (primary N) is 1. The first kappa shape index (κ1) is 21.4. The van der Waals surface area contributed by atoms with Crippen molar-refractivity contribution in [1.29, 1.82) is 0 Å². The summed E-state index contributed by atoms with van der Waals surface area (Å²) in [6.45, 7) is 0. The van der Waals surface area contributed by atoms with Crippen LogP contribution in [0.25, 0.3) is 28.3 Å². The van der Waals surface area contributed by atoms with Gasteiger partial charge in [0.1, 0.15) is 11.5 Å². The molecule has 0 aliphatic heterocycles. The first-order chi connectivity index (χ1) is 15.1. The average molecular weight is 466 g/mol. The molecular weight excluding hydrogens is 456 g/mol. The van der Waals surface area contributed by atoms with Crippen molar-refractivity contribution in [3.05, 3.63) is 70.8 Å². The third-order valence-corrected chi connectivity index (χ3v) is 4.86. The molecular formula is C20H10ClF4N4O3-. The molecule has 0 saturated carbocycles. The van der Waals surface area contributed by atoms with Crippen molar-refractivity contribution >= 4 is 23.3 Å². The first-order valence-corrected chi connectivity index (χ1v) is 9.15. The minimum absolute atomic E-state index is 0.0100. The average Bonchev–Trinajstić information content (AvgIpc) is 3.32. The number of aromatic nitrogens is 3. The maximum absolute atomic E-state index is 14.3. The van der Waals surface area contributed by atoms with Gasteiger partial charge in [-0.25, -0.2) is 9.07 Å². The van der Waals surface area contributed by atoms with Crippen LogP contribution in [0.15, 0.2) is 53.2 Å². The Morgan fingerprint density at radius 2 is 1.88 bits per heavy atom. The normalized spacial score (nSPS) is 11.7. The molecule has 4 aromatic rings. The van der Waals surface area contributed by atoms with Crippen LogP contribution in [-0.4, -0.2) is 20.9 Å². The zero-order valence-corrected chi connectivity index (χ0v) is 16.4. The number of hydrogen-bond donors (Lipinski definition) is 1. The third kappa shape index (κ3) is 3.46. The SMILES string of the molecule is Nc1ccccc1-n1ncc(-c2onc(-c3c(F)cccc3Cl)c2C(=O)[O-])c1C(F)(F)F. The van der Waals surface area contributed by atoms with Gasteiger partial charge in [-0.2, -0.15) is 18.3 Å². The van der Waals surface area contributed by atoms with E-state index in [4.69, 9.17) is 21.9 Å². The molecule has 32 heavy (non-hydrogen) atoms. The number of aromatic carboxylic acids is 1. The maximum Gasteiger partial charge on any atom is 0.434 e. The molecule has 7 nitrogen and oxygen atoms in total. The fourth-order valence-electron chi connectivity index (χ4n) is 3.21. The number of rotatable bonds is 4. The Morgan fingerprint density at radius 3 is 2.50 bits per heavy atom. The van der Waals surface area contributed by atoms with Crippen LogP contribution < -0.4 is 10.8 Å². The predicted molar refractivity (Wildman–Crippen MR) is 103 cm³/mol. The number of carbonyl (C=O) groups excluding carboxylic acids is 1. The fourth-order valence-corrected chi connectivity index (χ4v) is 3.46. The number of nitrogen functional groups attached to an aromatic ring is 1. The predicted octanol–water partition coefficient (Wildman–Crippen LogP) is 3.95. The van der Waals surface area contributed by atoms with Crippen molar-refractivity contribution in [1.82, 2.24) is 14.9 Å². The van der Waals surface area contributed by atoms with Crippen molar-refractivity contribution in [2.45, 2.75) is 6.18 Å². The molecule has 2 aromatic carbocycles. The Bertz CT molecular complexity index is 1330. The monoisotopic (exact) mass is 465 g/mol. The number of nitrogens with zero attached hydrogens (tertiary/aromatic N) is 3. The van der Waals surface area contributed by atoms with Gasteiger partial charge in [0.15, 0.2) is 11.5 Å². The van der Waals surface area contributed by atoms with E-state index in [9.17, 15) is 27.5 Å². The molecule has 0 spiro atoms. The molecule has 0 aliphatic rings. The number of benzene rings is 2. The second-order valence-corrected chi connectivity index (χ2v) is 6.90. The number of carboxylic acid groups (broad SMARTS) is 1. The van der Waals surface area contributed by atoms with E-state index >= 15 is 0 Å². The van der Waals surface area contributed by atoms with Gasteiger partial charge >= 0.3 is 6.18 Å². The number of carbonyl (C=O) groups is 1. The molecule has 0 bridgehead atoms. The van der Waals surface area contributed by atoms with Gasteiger partial charge in [-0.1, -0.05) is 35.0 Å². The third-order valence-electron chi connectivity index (χ3n) is 4.54. The van der Waals surface area contributed by atoms with Gasteiger partial charge in [0.05, 0.1) is 45.3 Å². The summed E-state index contributed by atoms with van der Waals surface area (Å²) in [5.74, 6) is -3.73. The Morgan fingerprint density at radius 1 is 1.16 bits per heavy atom. The van der Waals surface area contributed by atoms with Gasteiger partial charge in [0.25, 0.3) is 0 Å². The Kier molecular flexibility index (Phi) is 5.13. The first-order valence-electron chi connectivity index (χ1n) is 8.77. The van der Waals surface area contributed by atoms with Gasteiger partial charge < -0.3 is 20.2 Å². The molecule has 2 aromatic heterocycles. The van der Waals surface area contributed by atoms with Crippen molar-refractivity contribution in [2.75, 3.05) is 5.73 Å². The van der Waals surface area contributed by atoms with Gasteiger partial charge in [-0.05, 0) is 24.3 Å². The lowest BCUT2D eigenvalue weighted by molar-refractivity contribution is -0.254. The maximum atomic E-state index is 14.3. The highest BCUT2D eigenvalue weighted by Gasteiger charge is 2.41. The van der Waals surface area contributed by atoms with E-state index in [-0.39, 0.29) is 16.4 Å². The standard InChI is InChI=1S/C20H11ClF4N4O3/c21-10-4-3-5-11(22)14(10)16-15(19(30)31)17(32-28-16)9-8-27-29(18(9)20(23,24)25)13-7-2-1-6-12(13)26/h1-8H,26H2,(H,30,31)/p-1. The van der Waals surface area contributed by atoms with E-state index in [0.29, 0.717) is 4.68 Å². The van der Waals surface area contributed by atoms with Crippen molar-refractivity contribution in [2.24, 2.45) is 0 Å². The summed E-state index contributed by atoms with van der Waals surface area (Å²) in [5, 5.41) is 18.8. The zero-order chi connectivity index (χ0) is 23.2. The summed E-state index contributed by atoms with van der Waals surface area (Å²) in [6, 6.07) is 9.13. The van der Waals surface area contributed by atoms with E-state index in [1.165, 1.54) is 36.4 Å². The Balaban J connectivity index is 2.01. The minimum atomic E-state index is -5.01. The highest BCUT2D eigenvalue weighted by molar-refractivity contribution is 6.33. The largest absolute Gasteiger partial charge is 0.545 e. The number of carboxylic acids is 1. The highest BCUT2D eigenvalue weighted by atomic mass is 35.5. The van der Waals surface area contributed by atoms with Crippen molar-refractivity contribution in [3.63, 3.8) is 0 Å². The Hall–Kier alpha value is -3.86. The van der Waals surface area contributed by atoms with E-state index in [1.54, 1.807) is 0 Å². The molecule has 0 aliphatic carbocycles. The lowest BCUT2D eigenvalue weighted by Crippen LogP contribution is -2.23. The second kappa shape index (κ2) is 7.68. The summed E-state index contributed by atoms with van der Waals surface area (Å²) in [5.41, 5.74) is 1.54. The fraction of sp³-hybridized carbons (Fsp3) is 0.0500. The van der Waals surface area contributed by atoms with Gasteiger partial charge in [-0.15, -0.1) is 0 Å².